The molecule has 1 aromatic heterocycles. The topological polar surface area (TPSA) is 51.2 Å². The first-order valence-electron chi connectivity index (χ1n) is 7.60. The number of carbonyl (C=O) groups excluding carboxylic acids is 1. The Kier molecular flexibility index (Phi) is 4.91. The highest BCUT2D eigenvalue weighted by Gasteiger charge is 2.12. The van der Waals surface area contributed by atoms with E-state index in [1.165, 1.54) is 5.56 Å². The van der Waals surface area contributed by atoms with E-state index in [9.17, 15) is 4.79 Å². The van der Waals surface area contributed by atoms with Gasteiger partial charge in [-0.1, -0.05) is 42.0 Å². The molecule has 3 rings (SSSR count). The normalized spacial score (nSPS) is 10.4. The first-order chi connectivity index (χ1) is 11.7. The summed E-state index contributed by atoms with van der Waals surface area (Å²) in [4.78, 5) is 16.9. The van der Waals surface area contributed by atoms with Gasteiger partial charge in [-0.2, -0.15) is 0 Å². The third kappa shape index (κ3) is 3.63. The molecule has 1 N–H and O–H groups in total. The summed E-state index contributed by atoms with van der Waals surface area (Å²) in [6.07, 6.45) is 0. The molecule has 0 aliphatic rings. The molecule has 24 heavy (non-hydrogen) atoms. The van der Waals surface area contributed by atoms with Gasteiger partial charge in [0.2, 0.25) is 0 Å². The second-order valence-corrected chi connectivity index (χ2v) is 6.25. The van der Waals surface area contributed by atoms with E-state index in [0.717, 1.165) is 16.3 Å². The third-order valence-corrected chi connectivity index (χ3v) is 4.57. The van der Waals surface area contributed by atoms with Crippen LogP contribution in [0, 0.1) is 6.92 Å². The van der Waals surface area contributed by atoms with E-state index in [1.54, 1.807) is 30.6 Å². The molecule has 0 radical (unpaired) electrons. The lowest BCUT2D eigenvalue weighted by atomic mass is 10.2. The molecule has 0 spiro atoms. The number of carbonyl (C=O) groups is 1. The van der Waals surface area contributed by atoms with Gasteiger partial charge < -0.3 is 10.1 Å². The van der Waals surface area contributed by atoms with E-state index in [4.69, 9.17) is 4.74 Å². The van der Waals surface area contributed by atoms with Crippen LogP contribution in [0.15, 0.2) is 53.9 Å². The zero-order valence-electron chi connectivity index (χ0n) is 13.6. The maximum absolute atomic E-state index is 12.3. The molecule has 0 saturated carbocycles. The van der Waals surface area contributed by atoms with Crippen molar-refractivity contribution in [2.45, 2.75) is 13.5 Å². The minimum atomic E-state index is -0.169. The van der Waals surface area contributed by atoms with E-state index in [-0.39, 0.29) is 5.91 Å². The number of hydrogen-bond acceptors (Lipinski definition) is 4. The molecule has 0 aliphatic carbocycles. The van der Waals surface area contributed by atoms with Gasteiger partial charge in [0.15, 0.2) is 0 Å². The molecule has 4 nitrogen and oxygen atoms in total. The Morgan fingerprint density at radius 3 is 2.67 bits per heavy atom. The van der Waals surface area contributed by atoms with Gasteiger partial charge in [-0.25, -0.2) is 4.98 Å². The van der Waals surface area contributed by atoms with Crippen molar-refractivity contribution in [3.63, 3.8) is 0 Å². The predicted molar refractivity (Wildman–Crippen MR) is 96.5 cm³/mol. The predicted octanol–water partition coefficient (Wildman–Crippen LogP) is 4.06. The highest BCUT2D eigenvalue weighted by Crippen LogP contribution is 2.24. The standard InChI is InChI=1S/C19H18N2O2S/c1-13-7-9-14(10-8-13)19-21-15(12-24-19)11-20-18(22)16-5-3-4-6-17(16)23-2/h3-10,12H,11H2,1-2H3,(H,20,22). The van der Waals surface area contributed by atoms with Crippen molar-refractivity contribution in [1.29, 1.82) is 0 Å². The summed E-state index contributed by atoms with van der Waals surface area (Å²) >= 11 is 1.58. The second kappa shape index (κ2) is 7.27. The van der Waals surface area contributed by atoms with Gasteiger partial charge >= 0.3 is 0 Å². The summed E-state index contributed by atoms with van der Waals surface area (Å²) < 4.78 is 5.22. The maximum atomic E-state index is 12.3. The molecule has 122 valence electrons. The number of aryl methyl sites for hydroxylation is 1. The number of benzene rings is 2. The number of hydrogen-bond donors (Lipinski definition) is 1. The van der Waals surface area contributed by atoms with Crippen molar-refractivity contribution >= 4 is 17.2 Å². The molecule has 1 amide bonds. The fourth-order valence-electron chi connectivity index (χ4n) is 2.32. The molecule has 3 aromatic rings. The summed E-state index contributed by atoms with van der Waals surface area (Å²) in [5, 5.41) is 5.81. The van der Waals surface area contributed by atoms with Crippen LogP contribution in [-0.2, 0) is 6.54 Å². The highest BCUT2D eigenvalue weighted by molar-refractivity contribution is 7.13. The Bertz CT molecular complexity index is 841. The van der Waals surface area contributed by atoms with Crippen LogP contribution < -0.4 is 10.1 Å². The number of methoxy groups -OCH3 is 1. The van der Waals surface area contributed by atoms with Gasteiger partial charge in [0.1, 0.15) is 10.8 Å². The molecule has 0 aliphatic heterocycles. The van der Waals surface area contributed by atoms with Gasteiger partial charge in [0.05, 0.1) is 24.9 Å². The Balaban J connectivity index is 1.67. The van der Waals surface area contributed by atoms with E-state index in [0.29, 0.717) is 17.9 Å². The fraction of sp³-hybridized carbons (Fsp3) is 0.158. The molecule has 0 bridgehead atoms. The minimum absolute atomic E-state index is 0.169. The van der Waals surface area contributed by atoms with Crippen molar-refractivity contribution in [3.05, 3.63) is 70.7 Å². The summed E-state index contributed by atoms with van der Waals surface area (Å²) in [5.41, 5.74) is 3.68. The average Bonchev–Trinajstić information content (AvgIpc) is 3.09. The Labute approximate surface area is 145 Å². The molecule has 0 fully saturated rings. The van der Waals surface area contributed by atoms with Crippen LogP contribution in [0.2, 0.25) is 0 Å². The number of ether oxygens (including phenoxy) is 1. The number of nitrogens with one attached hydrogen (secondary N) is 1. The summed E-state index contributed by atoms with van der Waals surface area (Å²) in [6.45, 7) is 2.45. The minimum Gasteiger partial charge on any atom is -0.496 e. The smallest absolute Gasteiger partial charge is 0.255 e. The van der Waals surface area contributed by atoms with Gasteiger partial charge in [0.25, 0.3) is 5.91 Å². The van der Waals surface area contributed by atoms with Gasteiger partial charge in [0, 0.05) is 10.9 Å². The van der Waals surface area contributed by atoms with E-state index >= 15 is 0 Å². The van der Waals surface area contributed by atoms with Gasteiger partial charge in [-0.05, 0) is 19.1 Å². The zero-order chi connectivity index (χ0) is 16.9. The van der Waals surface area contributed by atoms with Gasteiger partial charge in [-0.15, -0.1) is 11.3 Å². The van der Waals surface area contributed by atoms with Crippen LogP contribution in [0.1, 0.15) is 21.6 Å². The van der Waals surface area contributed by atoms with E-state index in [1.807, 2.05) is 17.5 Å². The Hall–Kier alpha value is -2.66. The maximum Gasteiger partial charge on any atom is 0.255 e. The largest absolute Gasteiger partial charge is 0.496 e. The number of aromatic nitrogens is 1. The van der Waals surface area contributed by atoms with Crippen molar-refractivity contribution in [3.8, 4) is 16.3 Å². The number of thiazole rings is 1. The fourth-order valence-corrected chi connectivity index (χ4v) is 3.14. The Morgan fingerprint density at radius 2 is 1.92 bits per heavy atom. The van der Waals surface area contributed by atoms with Crippen molar-refractivity contribution in [2.24, 2.45) is 0 Å². The van der Waals surface area contributed by atoms with Crippen LogP contribution in [0.5, 0.6) is 5.75 Å². The lowest BCUT2D eigenvalue weighted by Crippen LogP contribution is -2.23. The monoisotopic (exact) mass is 338 g/mol. The number of amides is 1. The van der Waals surface area contributed by atoms with Gasteiger partial charge in [-0.3, -0.25) is 4.79 Å². The number of nitrogens with zero attached hydrogens (tertiary/aromatic N) is 1. The van der Waals surface area contributed by atoms with Crippen molar-refractivity contribution in [2.75, 3.05) is 7.11 Å². The molecule has 5 heteroatoms. The Morgan fingerprint density at radius 1 is 1.17 bits per heavy atom. The molecule has 1 heterocycles. The molecule has 0 atom stereocenters. The van der Waals surface area contributed by atoms with Crippen LogP contribution in [0.25, 0.3) is 10.6 Å². The zero-order valence-corrected chi connectivity index (χ0v) is 14.4. The SMILES string of the molecule is COc1ccccc1C(=O)NCc1csc(-c2ccc(C)cc2)n1. The summed E-state index contributed by atoms with van der Waals surface area (Å²) in [6, 6.07) is 15.4. The third-order valence-electron chi connectivity index (χ3n) is 3.63. The number of para-hydroxylation sites is 1. The average molecular weight is 338 g/mol. The van der Waals surface area contributed by atoms with E-state index < -0.39 is 0 Å². The van der Waals surface area contributed by atoms with E-state index in [2.05, 4.69) is 41.5 Å². The highest BCUT2D eigenvalue weighted by atomic mass is 32.1. The molecular weight excluding hydrogens is 320 g/mol. The summed E-state index contributed by atoms with van der Waals surface area (Å²) in [5.74, 6) is 0.394. The summed E-state index contributed by atoms with van der Waals surface area (Å²) in [7, 11) is 1.56. The van der Waals surface area contributed by atoms with Crippen molar-refractivity contribution in [1.82, 2.24) is 10.3 Å². The second-order valence-electron chi connectivity index (χ2n) is 5.39. The quantitative estimate of drug-likeness (QED) is 0.763. The number of rotatable bonds is 5. The van der Waals surface area contributed by atoms with Crippen LogP contribution >= 0.6 is 11.3 Å². The van der Waals surface area contributed by atoms with Crippen LogP contribution in [-0.4, -0.2) is 18.0 Å². The van der Waals surface area contributed by atoms with Crippen LogP contribution in [0.3, 0.4) is 0 Å². The molecule has 2 aromatic carbocycles. The first kappa shape index (κ1) is 16.2. The lowest BCUT2D eigenvalue weighted by Gasteiger charge is -2.08. The first-order valence-corrected chi connectivity index (χ1v) is 8.48. The molecular formula is C19H18N2O2S. The van der Waals surface area contributed by atoms with Crippen molar-refractivity contribution < 1.29 is 9.53 Å². The van der Waals surface area contributed by atoms with Crippen LogP contribution in [0.4, 0.5) is 0 Å². The lowest BCUT2D eigenvalue weighted by molar-refractivity contribution is 0.0947. The molecule has 0 unspecified atom stereocenters. The molecule has 0 saturated heterocycles.